The number of hydrogen-bond donors (Lipinski definition) is 1. The van der Waals surface area contributed by atoms with E-state index in [0.717, 1.165) is 31.5 Å². The van der Waals surface area contributed by atoms with Gasteiger partial charge in [0.15, 0.2) is 0 Å². The van der Waals surface area contributed by atoms with E-state index in [2.05, 4.69) is 18.7 Å². The number of nitrogens with zero attached hydrogens (tertiary/aromatic N) is 1. The Labute approximate surface area is 102 Å². The van der Waals surface area contributed by atoms with E-state index in [-0.39, 0.29) is 7.33 Å². The van der Waals surface area contributed by atoms with E-state index in [9.17, 15) is 4.79 Å². The molecule has 0 aromatic carbocycles. The SMILES string of the molecule is CC.CC(C)C1CCN(CCC(N)=O)CC1.[HH]. The van der Waals surface area contributed by atoms with Crippen LogP contribution in [-0.2, 0) is 4.79 Å². The number of primary amides is 1. The molecule has 2 N–H and O–H groups in total. The van der Waals surface area contributed by atoms with Crippen LogP contribution in [0.5, 0.6) is 0 Å². The van der Waals surface area contributed by atoms with Crippen molar-refractivity contribution in [2.24, 2.45) is 17.6 Å². The third kappa shape index (κ3) is 6.11. The van der Waals surface area contributed by atoms with Crippen molar-refractivity contribution in [1.82, 2.24) is 4.90 Å². The van der Waals surface area contributed by atoms with Gasteiger partial charge < -0.3 is 10.6 Å². The molecule has 0 saturated carbocycles. The summed E-state index contributed by atoms with van der Waals surface area (Å²) in [5.41, 5.74) is 5.12. The first-order valence-electron chi connectivity index (χ1n) is 6.60. The number of hydrogen-bond acceptors (Lipinski definition) is 2. The summed E-state index contributed by atoms with van der Waals surface area (Å²) in [4.78, 5) is 13.0. The van der Waals surface area contributed by atoms with E-state index in [4.69, 9.17) is 5.73 Å². The zero-order valence-corrected chi connectivity index (χ0v) is 11.3. The number of carbonyl (C=O) groups is 1. The predicted molar refractivity (Wildman–Crippen MR) is 71.3 cm³/mol. The molecular weight excluding hydrogens is 200 g/mol. The van der Waals surface area contributed by atoms with Gasteiger partial charge >= 0.3 is 0 Å². The van der Waals surface area contributed by atoms with Crippen LogP contribution in [-0.4, -0.2) is 30.4 Å². The second-order valence-corrected chi connectivity index (χ2v) is 4.64. The summed E-state index contributed by atoms with van der Waals surface area (Å²) in [6, 6.07) is 0. The third-order valence-corrected chi connectivity index (χ3v) is 3.25. The highest BCUT2D eigenvalue weighted by Gasteiger charge is 2.21. The second-order valence-electron chi connectivity index (χ2n) is 4.64. The van der Waals surface area contributed by atoms with Gasteiger partial charge in [-0.1, -0.05) is 27.7 Å². The summed E-state index contributed by atoms with van der Waals surface area (Å²) in [7, 11) is 0. The molecule has 1 fully saturated rings. The van der Waals surface area contributed by atoms with Crippen LogP contribution in [0.3, 0.4) is 0 Å². The van der Waals surface area contributed by atoms with Crippen LogP contribution in [0.1, 0.15) is 48.4 Å². The molecule has 1 rings (SSSR count). The lowest BCUT2D eigenvalue weighted by Crippen LogP contribution is -2.37. The molecule has 0 aliphatic carbocycles. The molecule has 0 spiro atoms. The highest BCUT2D eigenvalue weighted by atomic mass is 16.1. The highest BCUT2D eigenvalue weighted by molar-refractivity contribution is 5.73. The van der Waals surface area contributed by atoms with Crippen LogP contribution < -0.4 is 5.73 Å². The van der Waals surface area contributed by atoms with Crippen LogP contribution in [0, 0.1) is 11.8 Å². The first-order chi connectivity index (χ1) is 7.59. The molecular formula is C13H30N2O. The lowest BCUT2D eigenvalue weighted by Gasteiger charge is -2.33. The van der Waals surface area contributed by atoms with Crippen LogP contribution in [0.4, 0.5) is 0 Å². The van der Waals surface area contributed by atoms with Gasteiger partial charge in [-0.2, -0.15) is 0 Å². The highest BCUT2D eigenvalue weighted by Crippen LogP contribution is 2.24. The van der Waals surface area contributed by atoms with Crippen LogP contribution in [0.2, 0.25) is 0 Å². The lowest BCUT2D eigenvalue weighted by molar-refractivity contribution is -0.118. The van der Waals surface area contributed by atoms with Gasteiger partial charge in [-0.3, -0.25) is 4.79 Å². The summed E-state index contributed by atoms with van der Waals surface area (Å²) in [6.45, 7) is 11.7. The Kier molecular flexibility index (Phi) is 8.26. The molecule has 16 heavy (non-hydrogen) atoms. The fourth-order valence-electron chi connectivity index (χ4n) is 2.11. The van der Waals surface area contributed by atoms with Gasteiger partial charge in [-0.15, -0.1) is 0 Å². The van der Waals surface area contributed by atoms with Gasteiger partial charge in [0.05, 0.1) is 0 Å². The Balaban J connectivity index is 0. The van der Waals surface area contributed by atoms with Gasteiger partial charge in [0.1, 0.15) is 0 Å². The largest absolute Gasteiger partial charge is 0.370 e. The maximum Gasteiger partial charge on any atom is 0.218 e. The number of carbonyl (C=O) groups excluding carboxylic acids is 1. The van der Waals surface area contributed by atoms with Crippen LogP contribution in [0.25, 0.3) is 0 Å². The summed E-state index contributed by atoms with van der Waals surface area (Å²) in [5.74, 6) is 1.49. The maximum atomic E-state index is 10.6. The molecule has 3 heteroatoms. The van der Waals surface area contributed by atoms with Crippen molar-refractivity contribution in [2.45, 2.75) is 47.0 Å². The quantitative estimate of drug-likeness (QED) is 0.806. The van der Waals surface area contributed by atoms with E-state index in [1.165, 1.54) is 12.8 Å². The molecule has 1 aliphatic rings. The summed E-state index contributed by atoms with van der Waals surface area (Å²) < 4.78 is 0. The monoisotopic (exact) mass is 230 g/mol. The van der Waals surface area contributed by atoms with Gasteiger partial charge in [0.2, 0.25) is 5.91 Å². The molecule has 0 radical (unpaired) electrons. The van der Waals surface area contributed by atoms with Crippen LogP contribution in [0.15, 0.2) is 0 Å². The van der Waals surface area contributed by atoms with Crippen molar-refractivity contribution in [2.75, 3.05) is 19.6 Å². The van der Waals surface area contributed by atoms with Crippen molar-refractivity contribution in [3.63, 3.8) is 0 Å². The number of amides is 1. The Bertz CT molecular complexity index is 190. The van der Waals surface area contributed by atoms with Crippen molar-refractivity contribution >= 4 is 5.91 Å². The molecule has 1 saturated heterocycles. The molecule has 1 aliphatic heterocycles. The van der Waals surface area contributed by atoms with Crippen molar-refractivity contribution in [3.05, 3.63) is 0 Å². The zero-order valence-electron chi connectivity index (χ0n) is 11.3. The molecule has 0 unspecified atom stereocenters. The number of rotatable bonds is 4. The van der Waals surface area contributed by atoms with Crippen molar-refractivity contribution in [1.29, 1.82) is 0 Å². The van der Waals surface area contributed by atoms with Crippen molar-refractivity contribution in [3.8, 4) is 0 Å². The molecule has 0 aromatic rings. The topological polar surface area (TPSA) is 46.3 Å². The summed E-state index contributed by atoms with van der Waals surface area (Å²) in [5, 5.41) is 0. The Morgan fingerprint density at radius 1 is 1.38 bits per heavy atom. The third-order valence-electron chi connectivity index (χ3n) is 3.25. The standard InChI is InChI=1S/C11H22N2O.C2H6.H2/c1-9(2)10-3-6-13(7-4-10)8-5-11(12)14;1-2;/h9-10H,3-8H2,1-2H3,(H2,12,14);1-2H3;1H. The lowest BCUT2D eigenvalue weighted by atomic mass is 9.87. The first kappa shape index (κ1) is 15.4. The molecule has 3 nitrogen and oxygen atoms in total. The van der Waals surface area contributed by atoms with E-state index < -0.39 is 0 Å². The molecule has 98 valence electrons. The molecule has 1 heterocycles. The van der Waals surface area contributed by atoms with Gasteiger partial charge in [0.25, 0.3) is 0 Å². The molecule has 0 aromatic heterocycles. The van der Waals surface area contributed by atoms with Crippen molar-refractivity contribution < 1.29 is 6.22 Å². The molecule has 0 atom stereocenters. The summed E-state index contributed by atoms with van der Waals surface area (Å²) in [6.07, 6.45) is 3.05. The van der Waals surface area contributed by atoms with E-state index in [1.807, 2.05) is 13.8 Å². The minimum atomic E-state index is -0.184. The zero-order chi connectivity index (χ0) is 12.6. The average molecular weight is 230 g/mol. The van der Waals surface area contributed by atoms with E-state index >= 15 is 0 Å². The minimum Gasteiger partial charge on any atom is -0.370 e. The summed E-state index contributed by atoms with van der Waals surface area (Å²) >= 11 is 0. The number of piperidine rings is 1. The first-order valence-corrected chi connectivity index (χ1v) is 6.60. The minimum absolute atomic E-state index is 0. The number of nitrogens with two attached hydrogens (primary N) is 1. The second kappa shape index (κ2) is 8.57. The molecule has 0 bridgehead atoms. The van der Waals surface area contributed by atoms with E-state index in [0.29, 0.717) is 6.42 Å². The fraction of sp³-hybridized carbons (Fsp3) is 0.923. The predicted octanol–water partition coefficient (Wildman–Crippen LogP) is 2.50. The van der Waals surface area contributed by atoms with Crippen LogP contribution >= 0.6 is 0 Å². The Morgan fingerprint density at radius 3 is 2.25 bits per heavy atom. The number of likely N-dealkylation sites (tertiary alicyclic amines) is 1. The maximum absolute atomic E-state index is 10.6. The smallest absolute Gasteiger partial charge is 0.218 e. The normalized spacial score (nSPS) is 18.1. The van der Waals surface area contributed by atoms with Gasteiger partial charge in [-0.05, 0) is 37.8 Å². The fourth-order valence-corrected chi connectivity index (χ4v) is 2.11. The Morgan fingerprint density at radius 2 is 1.88 bits per heavy atom. The Hall–Kier alpha value is -0.570. The van der Waals surface area contributed by atoms with E-state index in [1.54, 1.807) is 0 Å². The van der Waals surface area contributed by atoms with Gasteiger partial charge in [0, 0.05) is 14.4 Å². The van der Waals surface area contributed by atoms with Gasteiger partial charge in [-0.25, -0.2) is 0 Å². The average Bonchev–Trinajstić information content (AvgIpc) is 2.29. The molecule has 1 amide bonds.